The van der Waals surface area contributed by atoms with Crippen molar-refractivity contribution in [3.8, 4) is 0 Å². The van der Waals surface area contributed by atoms with Crippen molar-refractivity contribution >= 4 is 47.8 Å². The van der Waals surface area contributed by atoms with E-state index >= 15 is 0 Å². The maximum absolute atomic E-state index is 11.1. The van der Waals surface area contributed by atoms with Crippen LogP contribution in [-0.4, -0.2) is 36.2 Å². The molecule has 10 heteroatoms. The quantitative estimate of drug-likeness (QED) is 0.494. The van der Waals surface area contributed by atoms with E-state index in [2.05, 4.69) is 49.5 Å². The first kappa shape index (κ1) is 22.4. The first-order valence-electron chi connectivity index (χ1n) is 10.6. The Bertz CT molecular complexity index is 1260. The van der Waals surface area contributed by atoms with Gasteiger partial charge < -0.3 is 5.11 Å². The molecule has 1 aromatic carbocycles. The molecule has 5 rings (SSSR count). The molecule has 0 amide bonds. The Morgan fingerprint density at radius 3 is 2.91 bits per heavy atom. The second kappa shape index (κ2) is 8.73. The molecule has 0 radical (unpaired) electrons. The lowest BCUT2D eigenvalue weighted by Gasteiger charge is -2.13. The minimum Gasteiger partial charge on any atom is -0.393 e. The largest absolute Gasteiger partial charge is 0.393 e. The number of rotatable bonds is 6. The molecule has 0 aliphatic heterocycles. The molecule has 1 unspecified atom stereocenters. The van der Waals surface area contributed by atoms with Crippen LogP contribution >= 0.6 is 27.3 Å². The summed E-state index contributed by atoms with van der Waals surface area (Å²) in [5.41, 5.74) is 5.91. The average Bonchev–Trinajstić information content (AvgIpc) is 3.44. The van der Waals surface area contributed by atoms with Gasteiger partial charge in [-0.05, 0) is 72.1 Å². The molecule has 0 spiro atoms. The van der Waals surface area contributed by atoms with E-state index in [0.717, 1.165) is 40.7 Å². The molecule has 3 N–H and O–H groups in total. The molecule has 0 saturated heterocycles. The number of hydrogen-bond acceptors (Lipinski definition) is 7. The van der Waals surface area contributed by atoms with Crippen molar-refractivity contribution in [3.63, 3.8) is 0 Å². The monoisotopic (exact) mass is 537 g/mol. The Morgan fingerprint density at radius 1 is 1.25 bits per heavy atom. The lowest BCUT2D eigenvalue weighted by Crippen LogP contribution is -2.24. The van der Waals surface area contributed by atoms with Crippen molar-refractivity contribution < 1.29 is 17.7 Å². The molecule has 0 bridgehead atoms. The van der Waals surface area contributed by atoms with E-state index in [4.69, 9.17) is 9.32 Å². The second-order valence-corrected chi connectivity index (χ2v) is 11.7. The highest BCUT2D eigenvalue weighted by molar-refractivity contribution is 9.10. The fraction of sp³-hybridized carbons (Fsp3) is 0.455. The van der Waals surface area contributed by atoms with Crippen LogP contribution in [0.25, 0.3) is 10.2 Å². The summed E-state index contributed by atoms with van der Waals surface area (Å²) in [6.07, 6.45) is 5.25. The number of aliphatic hydroxyl groups is 1. The van der Waals surface area contributed by atoms with Gasteiger partial charge in [-0.25, -0.2) is 15.1 Å². The van der Waals surface area contributed by atoms with E-state index in [1.807, 2.05) is 0 Å². The molecule has 170 valence electrons. The summed E-state index contributed by atoms with van der Waals surface area (Å²) in [6.45, 7) is -0.102. The van der Waals surface area contributed by atoms with Gasteiger partial charge in [-0.2, -0.15) is 8.42 Å². The fourth-order valence-electron chi connectivity index (χ4n) is 5.21. The van der Waals surface area contributed by atoms with Crippen LogP contribution in [0.2, 0.25) is 0 Å². The van der Waals surface area contributed by atoms with Crippen molar-refractivity contribution in [2.45, 2.75) is 50.0 Å². The molecule has 1 fully saturated rings. The summed E-state index contributed by atoms with van der Waals surface area (Å²) in [5, 5.41) is 17.5. The first-order valence-corrected chi connectivity index (χ1v) is 13.8. The molecule has 4 atom stereocenters. The number of nitrogens with zero attached hydrogens (tertiary/aromatic N) is 2. The van der Waals surface area contributed by atoms with E-state index in [0.29, 0.717) is 18.8 Å². The normalized spacial score (nSPS) is 25.5. The van der Waals surface area contributed by atoms with Crippen molar-refractivity contribution in [1.82, 2.24) is 9.97 Å². The SMILES string of the molecule is NS(=O)(=O)OC[C@@H]1C[C@@H](c2csc3c(CC4CCc5c(Br)cccc54)ncnc23)C[C@@H]1O. The third-order valence-electron chi connectivity index (χ3n) is 6.78. The number of fused-ring (bicyclic) bond motifs is 2. The third-order valence-corrected chi connectivity index (χ3v) is 9.02. The van der Waals surface area contributed by atoms with E-state index < -0.39 is 16.4 Å². The van der Waals surface area contributed by atoms with E-state index in [9.17, 15) is 13.5 Å². The van der Waals surface area contributed by atoms with Gasteiger partial charge in [0.2, 0.25) is 0 Å². The number of thiophene rings is 1. The summed E-state index contributed by atoms with van der Waals surface area (Å²) < 4.78 is 29.2. The van der Waals surface area contributed by atoms with Crippen LogP contribution in [0.3, 0.4) is 0 Å². The molecule has 2 heterocycles. The van der Waals surface area contributed by atoms with E-state index in [1.165, 1.54) is 15.6 Å². The molecule has 2 aliphatic rings. The zero-order valence-electron chi connectivity index (χ0n) is 17.3. The summed E-state index contributed by atoms with van der Waals surface area (Å²) in [4.78, 5) is 9.21. The molecule has 2 aliphatic carbocycles. The van der Waals surface area contributed by atoms with Gasteiger partial charge in [-0.3, -0.25) is 4.18 Å². The predicted octanol–water partition coefficient (Wildman–Crippen LogP) is 3.80. The third kappa shape index (κ3) is 4.36. The standard InChI is InChI=1S/C22H24BrN3O4S2/c23-18-3-1-2-15-12(4-5-16(15)18)7-19-22-21(26-11-25-19)17(10-31-22)13-6-14(20(27)8-13)9-30-32(24,28)29/h1-3,10-14,20,27H,4-9H2,(H2,24,28,29)/t12?,13-,14+,20+/m1/s1. The summed E-state index contributed by atoms with van der Waals surface area (Å²) in [5.74, 6) is 0.265. The topological polar surface area (TPSA) is 115 Å². The van der Waals surface area contributed by atoms with Crippen LogP contribution in [0.5, 0.6) is 0 Å². The van der Waals surface area contributed by atoms with Crippen LogP contribution in [-0.2, 0) is 27.3 Å². The van der Waals surface area contributed by atoms with Gasteiger partial charge in [0, 0.05) is 10.4 Å². The Hall–Kier alpha value is -1.43. The highest BCUT2D eigenvalue weighted by atomic mass is 79.9. The Balaban J connectivity index is 1.37. The zero-order chi connectivity index (χ0) is 22.5. The summed E-state index contributed by atoms with van der Waals surface area (Å²) in [6, 6.07) is 6.42. The van der Waals surface area contributed by atoms with Gasteiger partial charge in [0.05, 0.1) is 28.6 Å². The van der Waals surface area contributed by atoms with Gasteiger partial charge in [0.25, 0.3) is 0 Å². The Morgan fingerprint density at radius 2 is 2.09 bits per heavy atom. The minimum atomic E-state index is -4.01. The van der Waals surface area contributed by atoms with E-state index in [1.54, 1.807) is 17.7 Å². The molecule has 3 aromatic rings. The number of aromatic nitrogens is 2. The van der Waals surface area contributed by atoms with Gasteiger partial charge in [0.1, 0.15) is 6.33 Å². The first-order chi connectivity index (χ1) is 15.3. The van der Waals surface area contributed by atoms with Gasteiger partial charge in [-0.1, -0.05) is 28.1 Å². The van der Waals surface area contributed by atoms with Crippen LogP contribution in [0.15, 0.2) is 34.4 Å². The smallest absolute Gasteiger partial charge is 0.333 e. The molecule has 7 nitrogen and oxygen atoms in total. The summed E-state index contributed by atoms with van der Waals surface area (Å²) in [7, 11) is -4.01. The molecule has 32 heavy (non-hydrogen) atoms. The maximum atomic E-state index is 11.1. The van der Waals surface area contributed by atoms with Crippen molar-refractivity contribution in [2.75, 3.05) is 6.61 Å². The predicted molar refractivity (Wildman–Crippen MR) is 127 cm³/mol. The van der Waals surface area contributed by atoms with Crippen LogP contribution in [0, 0.1) is 5.92 Å². The Kier molecular flexibility index (Phi) is 6.10. The maximum Gasteiger partial charge on any atom is 0.333 e. The van der Waals surface area contributed by atoms with E-state index in [-0.39, 0.29) is 18.4 Å². The summed E-state index contributed by atoms with van der Waals surface area (Å²) >= 11 is 5.33. The Labute approximate surface area is 199 Å². The van der Waals surface area contributed by atoms with Gasteiger partial charge in [-0.15, -0.1) is 11.3 Å². The number of aliphatic hydroxyl groups excluding tert-OH is 1. The number of halogens is 1. The molecular weight excluding hydrogens is 514 g/mol. The molecule has 2 aromatic heterocycles. The van der Waals surface area contributed by atoms with Crippen LogP contribution < -0.4 is 5.14 Å². The molecular formula is C22H24BrN3O4S2. The van der Waals surface area contributed by atoms with Crippen LogP contribution in [0.4, 0.5) is 0 Å². The lowest BCUT2D eigenvalue weighted by atomic mass is 9.95. The minimum absolute atomic E-state index is 0.0961. The highest BCUT2D eigenvalue weighted by Crippen LogP contribution is 2.44. The van der Waals surface area contributed by atoms with Crippen LogP contribution in [0.1, 0.15) is 53.5 Å². The van der Waals surface area contributed by atoms with Gasteiger partial charge in [0.15, 0.2) is 0 Å². The highest BCUT2D eigenvalue weighted by Gasteiger charge is 2.36. The lowest BCUT2D eigenvalue weighted by molar-refractivity contribution is 0.101. The number of hydrogen-bond donors (Lipinski definition) is 2. The fourth-order valence-corrected chi connectivity index (χ4v) is 7.26. The second-order valence-electron chi connectivity index (χ2n) is 8.71. The number of benzene rings is 1. The van der Waals surface area contributed by atoms with Crippen molar-refractivity contribution in [1.29, 1.82) is 0 Å². The van der Waals surface area contributed by atoms with Crippen molar-refractivity contribution in [3.05, 3.63) is 56.8 Å². The number of nitrogens with two attached hydrogens (primary N) is 1. The zero-order valence-corrected chi connectivity index (χ0v) is 20.5. The van der Waals surface area contributed by atoms with Crippen molar-refractivity contribution in [2.24, 2.45) is 11.1 Å². The average molecular weight is 538 g/mol. The molecule has 1 saturated carbocycles. The van der Waals surface area contributed by atoms with Gasteiger partial charge >= 0.3 is 10.3 Å².